The summed E-state index contributed by atoms with van der Waals surface area (Å²) in [5.74, 6) is 0. The van der Waals surface area contributed by atoms with Crippen LogP contribution in [0, 0.1) is 0 Å². The lowest BCUT2D eigenvalue weighted by Gasteiger charge is -2.13. The van der Waals surface area contributed by atoms with Gasteiger partial charge in [-0.25, -0.2) is 9.18 Å². The van der Waals surface area contributed by atoms with Crippen LogP contribution in [0.5, 0.6) is 0 Å². The van der Waals surface area contributed by atoms with Gasteiger partial charge in [0, 0.05) is 18.2 Å². The molecule has 2 rings (SSSR count). The van der Waals surface area contributed by atoms with E-state index < -0.39 is 42.3 Å². The molecule has 20 heavy (non-hydrogen) atoms. The van der Waals surface area contributed by atoms with Crippen molar-refractivity contribution in [3.05, 3.63) is 43.0 Å². The molecule has 108 valence electrons. The number of azide groups is 1. The summed E-state index contributed by atoms with van der Waals surface area (Å²) in [5, 5.41) is 12.3. The number of aromatic nitrogens is 2. The van der Waals surface area contributed by atoms with E-state index in [1.165, 1.54) is 7.05 Å². The highest BCUT2D eigenvalue weighted by Crippen LogP contribution is 2.35. The summed E-state index contributed by atoms with van der Waals surface area (Å²) in [6.07, 6.45) is -2.98. The Morgan fingerprint density at radius 2 is 2.35 bits per heavy atom. The number of halogens is 1. The summed E-state index contributed by atoms with van der Waals surface area (Å²) in [7, 11) is 1.39. The van der Waals surface area contributed by atoms with Crippen molar-refractivity contribution in [1.82, 2.24) is 9.55 Å². The smallest absolute Gasteiger partial charge is 0.328 e. The molecule has 0 aliphatic carbocycles. The van der Waals surface area contributed by atoms with E-state index in [0.29, 0.717) is 0 Å². The van der Waals surface area contributed by atoms with Crippen molar-refractivity contribution in [3.8, 4) is 0 Å². The molecular weight excluding hydrogens is 273 g/mol. The lowest BCUT2D eigenvalue weighted by Crippen LogP contribution is -2.33. The molecule has 0 bridgehead atoms. The molecule has 9 nitrogen and oxygen atoms in total. The van der Waals surface area contributed by atoms with Crippen molar-refractivity contribution in [2.75, 3.05) is 6.61 Å². The van der Waals surface area contributed by atoms with Crippen molar-refractivity contribution in [2.24, 2.45) is 12.2 Å². The van der Waals surface area contributed by atoms with Crippen molar-refractivity contribution < 1.29 is 14.2 Å². The van der Waals surface area contributed by atoms with Gasteiger partial charge in [0.15, 0.2) is 0 Å². The van der Waals surface area contributed by atoms with E-state index in [2.05, 4.69) is 10.0 Å². The molecule has 1 aromatic heterocycles. The van der Waals surface area contributed by atoms with Crippen LogP contribution < -0.4 is 11.2 Å². The van der Waals surface area contributed by atoms with Crippen molar-refractivity contribution in [1.29, 1.82) is 0 Å². The standard InChI is InChI=1S/C10H12FN5O4/c1-16-2-4(9(18)13-10(16)19)8-6(11)7(14-15-12)5(3-17)20-8/h2,5-8,17H,3H2,1H3,(H,13,18,19)/t5-,6+,7?,8+/m1/s1. The summed E-state index contributed by atoms with van der Waals surface area (Å²) in [5.41, 5.74) is 6.87. The Morgan fingerprint density at radius 3 is 2.95 bits per heavy atom. The number of aromatic amines is 1. The average molecular weight is 285 g/mol. The van der Waals surface area contributed by atoms with Gasteiger partial charge in [0.2, 0.25) is 0 Å². The Kier molecular flexibility index (Phi) is 3.89. The summed E-state index contributed by atoms with van der Waals surface area (Å²) >= 11 is 0. The second kappa shape index (κ2) is 5.45. The minimum absolute atomic E-state index is 0.103. The number of alkyl halides is 1. The zero-order chi connectivity index (χ0) is 14.9. The van der Waals surface area contributed by atoms with Gasteiger partial charge in [-0.3, -0.25) is 9.78 Å². The van der Waals surface area contributed by atoms with Crippen LogP contribution in [0.4, 0.5) is 4.39 Å². The SMILES string of the molecule is Cn1cc([C@@H]2O[C@H](CO)C(N=[N+]=[N-])[C@@H]2F)c(=O)[nH]c1=O. The van der Waals surface area contributed by atoms with Crippen molar-refractivity contribution in [2.45, 2.75) is 24.4 Å². The van der Waals surface area contributed by atoms with Crippen LogP contribution in [0.25, 0.3) is 10.4 Å². The molecule has 2 heterocycles. The first-order valence-electron chi connectivity index (χ1n) is 5.74. The zero-order valence-corrected chi connectivity index (χ0v) is 10.4. The predicted molar refractivity (Wildman–Crippen MR) is 64.8 cm³/mol. The predicted octanol–water partition coefficient (Wildman–Crippen LogP) is -0.477. The quantitative estimate of drug-likeness (QED) is 0.441. The number of rotatable bonds is 3. The van der Waals surface area contributed by atoms with E-state index in [1.807, 2.05) is 4.98 Å². The Morgan fingerprint density at radius 1 is 1.65 bits per heavy atom. The molecule has 0 spiro atoms. The molecule has 0 aromatic carbocycles. The monoisotopic (exact) mass is 285 g/mol. The van der Waals surface area contributed by atoms with E-state index in [9.17, 15) is 14.0 Å². The molecular formula is C10H12FN5O4. The number of hydrogen-bond donors (Lipinski definition) is 2. The maximum atomic E-state index is 14.2. The summed E-state index contributed by atoms with van der Waals surface area (Å²) in [6.45, 7) is -0.551. The molecule has 1 aromatic rings. The van der Waals surface area contributed by atoms with E-state index in [0.717, 1.165) is 10.8 Å². The summed E-state index contributed by atoms with van der Waals surface area (Å²) in [6, 6.07) is -1.23. The number of hydrogen-bond acceptors (Lipinski definition) is 5. The van der Waals surface area contributed by atoms with Gasteiger partial charge in [0.25, 0.3) is 5.56 Å². The fourth-order valence-corrected chi connectivity index (χ4v) is 2.11. The Labute approximate surface area is 111 Å². The number of aliphatic hydroxyl groups is 1. The van der Waals surface area contributed by atoms with Crippen molar-refractivity contribution >= 4 is 0 Å². The van der Waals surface area contributed by atoms with Crippen molar-refractivity contribution in [3.63, 3.8) is 0 Å². The summed E-state index contributed by atoms with van der Waals surface area (Å²) in [4.78, 5) is 27.5. The van der Waals surface area contributed by atoms with Gasteiger partial charge in [-0.05, 0) is 5.53 Å². The molecule has 1 aliphatic heterocycles. The van der Waals surface area contributed by atoms with Crippen LogP contribution in [0.15, 0.2) is 20.9 Å². The van der Waals surface area contributed by atoms with E-state index in [1.54, 1.807) is 0 Å². The van der Waals surface area contributed by atoms with Crippen LogP contribution in [0.3, 0.4) is 0 Å². The first-order valence-corrected chi connectivity index (χ1v) is 5.74. The number of nitrogens with zero attached hydrogens (tertiary/aromatic N) is 4. The normalized spacial score (nSPS) is 29.1. The first-order chi connectivity index (χ1) is 9.49. The average Bonchev–Trinajstić information content (AvgIpc) is 2.72. The molecule has 10 heteroatoms. The number of H-pyrrole nitrogens is 1. The molecule has 1 aliphatic rings. The Hall–Kier alpha value is -2.16. The Bertz CT molecular complexity index is 664. The molecule has 1 unspecified atom stereocenters. The molecule has 4 atom stereocenters. The topological polar surface area (TPSA) is 133 Å². The van der Waals surface area contributed by atoms with Gasteiger partial charge in [0.05, 0.1) is 24.3 Å². The van der Waals surface area contributed by atoms with Gasteiger partial charge < -0.3 is 14.4 Å². The zero-order valence-electron chi connectivity index (χ0n) is 10.4. The number of aliphatic hydroxyl groups excluding tert-OH is 1. The van der Waals surface area contributed by atoms with Crippen LogP contribution in [0.2, 0.25) is 0 Å². The van der Waals surface area contributed by atoms with E-state index in [-0.39, 0.29) is 5.56 Å². The highest BCUT2D eigenvalue weighted by atomic mass is 19.1. The van der Waals surface area contributed by atoms with Gasteiger partial charge in [0.1, 0.15) is 12.3 Å². The van der Waals surface area contributed by atoms with Crippen LogP contribution in [-0.4, -0.2) is 39.6 Å². The van der Waals surface area contributed by atoms with Gasteiger partial charge in [-0.2, -0.15) is 0 Å². The molecule has 0 amide bonds. The van der Waals surface area contributed by atoms with Crippen LogP contribution in [0.1, 0.15) is 11.7 Å². The van der Waals surface area contributed by atoms with Gasteiger partial charge >= 0.3 is 5.69 Å². The number of aryl methyl sites for hydroxylation is 1. The number of nitrogens with one attached hydrogen (secondary N) is 1. The minimum atomic E-state index is -1.79. The minimum Gasteiger partial charge on any atom is -0.394 e. The van der Waals surface area contributed by atoms with Gasteiger partial charge in [-0.1, -0.05) is 5.11 Å². The third-order valence-electron chi connectivity index (χ3n) is 3.12. The maximum absolute atomic E-state index is 14.2. The molecule has 2 N–H and O–H groups in total. The third kappa shape index (κ3) is 2.31. The first kappa shape index (κ1) is 14.3. The highest BCUT2D eigenvalue weighted by Gasteiger charge is 2.46. The van der Waals surface area contributed by atoms with E-state index >= 15 is 0 Å². The fraction of sp³-hybridized carbons (Fsp3) is 0.600. The third-order valence-corrected chi connectivity index (χ3v) is 3.12. The highest BCUT2D eigenvalue weighted by molar-refractivity contribution is 5.15. The molecule has 1 saturated heterocycles. The second-order valence-electron chi connectivity index (χ2n) is 4.37. The second-order valence-corrected chi connectivity index (χ2v) is 4.37. The summed E-state index contributed by atoms with van der Waals surface area (Å²) < 4.78 is 20.5. The molecule has 0 radical (unpaired) electrons. The largest absolute Gasteiger partial charge is 0.394 e. The molecule has 0 saturated carbocycles. The molecule has 1 fully saturated rings. The fourth-order valence-electron chi connectivity index (χ4n) is 2.11. The van der Waals surface area contributed by atoms with E-state index in [4.69, 9.17) is 15.4 Å². The Balaban J connectivity index is 2.44. The lowest BCUT2D eigenvalue weighted by molar-refractivity contribution is -0.00208. The van der Waals surface area contributed by atoms with Crippen LogP contribution >= 0.6 is 0 Å². The maximum Gasteiger partial charge on any atom is 0.328 e. The van der Waals surface area contributed by atoms with Gasteiger partial charge in [-0.15, -0.1) is 0 Å². The van der Waals surface area contributed by atoms with Crippen LogP contribution in [-0.2, 0) is 11.8 Å². The lowest BCUT2D eigenvalue weighted by atomic mass is 10.0. The number of ether oxygens (including phenoxy) is 1.